The number of aliphatic imine (C=N–C) groups is 1. The Morgan fingerprint density at radius 3 is 2.87 bits per heavy atom. The number of rotatable bonds is 5. The maximum atomic E-state index is 10.1. The number of aromatic hydroxyl groups is 1. The molecule has 0 saturated carbocycles. The molecule has 1 heterocycles. The number of benzene rings is 2. The Labute approximate surface area is 135 Å². The molecule has 3 rings (SSSR count). The van der Waals surface area contributed by atoms with Crippen molar-refractivity contribution in [3.63, 3.8) is 0 Å². The van der Waals surface area contributed by atoms with Gasteiger partial charge in [0.25, 0.3) is 0 Å². The summed E-state index contributed by atoms with van der Waals surface area (Å²) in [4.78, 5) is 8.84. The number of aromatic nitrogens is 1. The first-order valence-corrected chi connectivity index (χ1v) is 7.61. The average molecular weight is 306 g/mol. The van der Waals surface area contributed by atoms with Crippen LogP contribution in [0.25, 0.3) is 10.9 Å². The fraction of sp³-hybridized carbons (Fsp3) is 0.158. The SMILES string of the molecule is CCCOc1ccc(C=Nc2cccc3cccnc23)c(O)c1. The number of para-hydroxylation sites is 1. The van der Waals surface area contributed by atoms with Gasteiger partial charge in [-0.3, -0.25) is 9.98 Å². The first-order valence-electron chi connectivity index (χ1n) is 7.61. The largest absolute Gasteiger partial charge is 0.507 e. The lowest BCUT2D eigenvalue weighted by atomic mass is 10.2. The predicted molar refractivity (Wildman–Crippen MR) is 92.9 cm³/mol. The van der Waals surface area contributed by atoms with Crippen LogP contribution in [-0.2, 0) is 0 Å². The molecule has 0 bridgehead atoms. The molecule has 0 radical (unpaired) electrons. The molecule has 0 saturated heterocycles. The van der Waals surface area contributed by atoms with Crippen LogP contribution in [-0.4, -0.2) is 22.9 Å². The number of phenolic OH excluding ortho intramolecular Hbond substituents is 1. The maximum absolute atomic E-state index is 10.1. The van der Waals surface area contributed by atoms with Crippen LogP contribution < -0.4 is 4.74 Å². The van der Waals surface area contributed by atoms with Gasteiger partial charge in [0.2, 0.25) is 0 Å². The van der Waals surface area contributed by atoms with Gasteiger partial charge >= 0.3 is 0 Å². The van der Waals surface area contributed by atoms with Crippen LogP contribution >= 0.6 is 0 Å². The zero-order chi connectivity index (χ0) is 16.1. The number of pyridine rings is 1. The topological polar surface area (TPSA) is 54.7 Å². The van der Waals surface area contributed by atoms with Crippen molar-refractivity contribution in [3.05, 3.63) is 60.3 Å². The molecule has 116 valence electrons. The van der Waals surface area contributed by atoms with E-state index in [1.54, 1.807) is 24.5 Å². The molecule has 3 aromatic rings. The van der Waals surface area contributed by atoms with Gasteiger partial charge in [-0.2, -0.15) is 0 Å². The molecule has 0 amide bonds. The smallest absolute Gasteiger partial charge is 0.128 e. The Morgan fingerprint density at radius 1 is 1.17 bits per heavy atom. The number of fused-ring (bicyclic) bond motifs is 1. The average Bonchev–Trinajstić information content (AvgIpc) is 2.59. The van der Waals surface area contributed by atoms with Crippen molar-refractivity contribution in [3.8, 4) is 11.5 Å². The summed E-state index contributed by atoms with van der Waals surface area (Å²) in [5.41, 5.74) is 2.25. The summed E-state index contributed by atoms with van der Waals surface area (Å²) in [6.07, 6.45) is 4.32. The van der Waals surface area contributed by atoms with Crippen molar-refractivity contribution in [2.45, 2.75) is 13.3 Å². The highest BCUT2D eigenvalue weighted by molar-refractivity contribution is 5.93. The van der Waals surface area contributed by atoms with Crippen molar-refractivity contribution in [2.24, 2.45) is 4.99 Å². The van der Waals surface area contributed by atoms with Crippen LogP contribution in [0.1, 0.15) is 18.9 Å². The fourth-order valence-corrected chi connectivity index (χ4v) is 2.27. The molecule has 4 nitrogen and oxygen atoms in total. The molecule has 0 fully saturated rings. The van der Waals surface area contributed by atoms with Crippen molar-refractivity contribution in [2.75, 3.05) is 6.61 Å². The summed E-state index contributed by atoms with van der Waals surface area (Å²) in [6, 6.07) is 15.0. The highest BCUT2D eigenvalue weighted by Gasteiger charge is 2.03. The van der Waals surface area contributed by atoms with E-state index in [4.69, 9.17) is 4.74 Å². The molecular weight excluding hydrogens is 288 g/mol. The third kappa shape index (κ3) is 3.48. The molecule has 0 aliphatic heterocycles. The van der Waals surface area contributed by atoms with Gasteiger partial charge in [0.1, 0.15) is 11.5 Å². The first kappa shape index (κ1) is 15.0. The van der Waals surface area contributed by atoms with E-state index in [2.05, 4.69) is 9.98 Å². The minimum atomic E-state index is 0.149. The molecule has 1 N–H and O–H groups in total. The Morgan fingerprint density at radius 2 is 2.04 bits per heavy atom. The van der Waals surface area contributed by atoms with Crippen LogP contribution in [0.4, 0.5) is 5.69 Å². The summed E-state index contributed by atoms with van der Waals surface area (Å²) >= 11 is 0. The zero-order valence-corrected chi connectivity index (χ0v) is 12.9. The van der Waals surface area contributed by atoms with Crippen molar-refractivity contribution < 1.29 is 9.84 Å². The van der Waals surface area contributed by atoms with E-state index in [1.807, 2.05) is 43.3 Å². The number of ether oxygens (including phenoxy) is 1. The van der Waals surface area contributed by atoms with Gasteiger partial charge in [-0.1, -0.05) is 25.1 Å². The van der Waals surface area contributed by atoms with E-state index in [0.29, 0.717) is 17.9 Å². The minimum Gasteiger partial charge on any atom is -0.507 e. The molecule has 4 heteroatoms. The molecule has 0 spiro atoms. The van der Waals surface area contributed by atoms with Gasteiger partial charge in [0.15, 0.2) is 0 Å². The zero-order valence-electron chi connectivity index (χ0n) is 12.9. The molecular formula is C19H18N2O2. The standard InChI is InChI=1S/C19H18N2O2/c1-2-11-23-16-9-8-15(18(22)12-16)13-21-17-7-3-5-14-6-4-10-20-19(14)17/h3-10,12-13,22H,2,11H2,1H3. The summed E-state index contributed by atoms with van der Waals surface area (Å²) < 4.78 is 5.50. The van der Waals surface area contributed by atoms with Crippen molar-refractivity contribution in [1.29, 1.82) is 0 Å². The van der Waals surface area contributed by atoms with Gasteiger partial charge in [-0.05, 0) is 30.7 Å². The summed E-state index contributed by atoms with van der Waals surface area (Å²) in [5, 5.41) is 11.1. The molecule has 0 unspecified atom stereocenters. The van der Waals surface area contributed by atoms with Gasteiger partial charge in [-0.15, -0.1) is 0 Å². The Hall–Kier alpha value is -2.88. The van der Waals surface area contributed by atoms with E-state index >= 15 is 0 Å². The second-order valence-electron chi connectivity index (χ2n) is 5.18. The minimum absolute atomic E-state index is 0.149. The highest BCUT2D eigenvalue weighted by atomic mass is 16.5. The van der Waals surface area contributed by atoms with Gasteiger partial charge in [0.05, 0.1) is 17.8 Å². The third-order valence-corrected chi connectivity index (χ3v) is 3.43. The Bertz CT molecular complexity index is 838. The second kappa shape index (κ2) is 6.92. The number of phenols is 1. The van der Waals surface area contributed by atoms with Crippen molar-refractivity contribution >= 4 is 22.8 Å². The van der Waals surface area contributed by atoms with Crippen LogP contribution in [0.2, 0.25) is 0 Å². The third-order valence-electron chi connectivity index (χ3n) is 3.43. The lowest BCUT2D eigenvalue weighted by molar-refractivity contribution is 0.315. The molecule has 0 aliphatic rings. The monoisotopic (exact) mass is 306 g/mol. The lowest BCUT2D eigenvalue weighted by Gasteiger charge is -2.06. The van der Waals surface area contributed by atoms with E-state index in [1.165, 1.54) is 0 Å². The van der Waals surface area contributed by atoms with E-state index in [9.17, 15) is 5.11 Å². The number of hydrogen-bond acceptors (Lipinski definition) is 4. The van der Waals surface area contributed by atoms with E-state index in [-0.39, 0.29) is 5.75 Å². The molecule has 0 atom stereocenters. The molecule has 0 aliphatic carbocycles. The number of nitrogens with zero attached hydrogens (tertiary/aromatic N) is 2. The van der Waals surface area contributed by atoms with Crippen LogP contribution in [0.3, 0.4) is 0 Å². The Balaban J connectivity index is 1.87. The van der Waals surface area contributed by atoms with Gasteiger partial charge in [-0.25, -0.2) is 0 Å². The van der Waals surface area contributed by atoms with Gasteiger partial charge in [0, 0.05) is 29.4 Å². The van der Waals surface area contributed by atoms with E-state index in [0.717, 1.165) is 23.0 Å². The summed E-state index contributed by atoms with van der Waals surface area (Å²) in [7, 11) is 0. The first-order chi connectivity index (χ1) is 11.3. The number of hydrogen-bond donors (Lipinski definition) is 1. The van der Waals surface area contributed by atoms with Crippen LogP contribution in [0.5, 0.6) is 11.5 Å². The quantitative estimate of drug-likeness (QED) is 0.707. The fourth-order valence-electron chi connectivity index (χ4n) is 2.27. The highest BCUT2D eigenvalue weighted by Crippen LogP contribution is 2.26. The lowest BCUT2D eigenvalue weighted by Crippen LogP contribution is -1.95. The second-order valence-corrected chi connectivity index (χ2v) is 5.18. The predicted octanol–water partition coefficient (Wildman–Crippen LogP) is 4.48. The van der Waals surface area contributed by atoms with Gasteiger partial charge < -0.3 is 9.84 Å². The van der Waals surface area contributed by atoms with Crippen LogP contribution in [0.15, 0.2) is 59.7 Å². The summed E-state index contributed by atoms with van der Waals surface area (Å²) in [6.45, 7) is 2.67. The maximum Gasteiger partial charge on any atom is 0.128 e. The normalized spacial score (nSPS) is 11.2. The van der Waals surface area contributed by atoms with Crippen molar-refractivity contribution in [1.82, 2.24) is 4.98 Å². The van der Waals surface area contributed by atoms with Crippen LogP contribution in [0, 0.1) is 0 Å². The molecule has 2 aromatic carbocycles. The summed E-state index contributed by atoms with van der Waals surface area (Å²) in [5.74, 6) is 0.809. The molecule has 1 aromatic heterocycles. The molecule has 23 heavy (non-hydrogen) atoms. The Kier molecular flexibility index (Phi) is 4.52. The van der Waals surface area contributed by atoms with E-state index < -0.39 is 0 Å².